The van der Waals surface area contributed by atoms with Crippen molar-refractivity contribution in [2.75, 3.05) is 0 Å². The molecule has 0 aromatic rings. The fourth-order valence-electron chi connectivity index (χ4n) is 3.68. The fraction of sp³-hybridized carbons (Fsp3) is 0.941. The normalized spacial score (nSPS) is 31.4. The largest absolute Gasteiger partial charge is 0.310 e. The lowest BCUT2D eigenvalue weighted by molar-refractivity contribution is 0.114. The minimum Gasteiger partial charge on any atom is -0.310 e. The molecule has 0 spiro atoms. The maximum absolute atomic E-state index is 8.17. The van der Waals surface area contributed by atoms with Gasteiger partial charge in [0.2, 0.25) is 0 Å². The number of hydrogen-bond donors (Lipinski definition) is 1. The first-order valence-electron chi connectivity index (χ1n) is 7.72. The van der Waals surface area contributed by atoms with Gasteiger partial charge in [-0.1, -0.05) is 47.5 Å². The van der Waals surface area contributed by atoms with E-state index in [1.165, 1.54) is 38.5 Å². The molecule has 0 radical (unpaired) electrons. The fourth-order valence-corrected chi connectivity index (χ4v) is 3.68. The van der Waals surface area contributed by atoms with Gasteiger partial charge in [0.05, 0.1) is 0 Å². The third kappa shape index (κ3) is 4.40. The second kappa shape index (κ2) is 5.75. The molecule has 0 bridgehead atoms. The van der Waals surface area contributed by atoms with Crippen molar-refractivity contribution in [3.63, 3.8) is 0 Å². The summed E-state index contributed by atoms with van der Waals surface area (Å²) in [5.41, 5.74) is 1.77. The number of rotatable bonds is 3. The minimum absolute atomic E-state index is 0.399. The van der Waals surface area contributed by atoms with Crippen LogP contribution in [0, 0.1) is 28.1 Å². The molecule has 2 atom stereocenters. The topological polar surface area (TPSA) is 23.9 Å². The Morgan fingerprint density at radius 2 is 1.56 bits per heavy atom. The Morgan fingerprint density at radius 3 is 2.00 bits per heavy atom. The molecule has 1 N–H and O–H groups in total. The van der Waals surface area contributed by atoms with Gasteiger partial charge in [-0.25, -0.2) is 0 Å². The molecule has 1 aliphatic carbocycles. The van der Waals surface area contributed by atoms with Gasteiger partial charge in [0, 0.05) is 5.71 Å². The smallest absolute Gasteiger partial charge is 0.00920 e. The van der Waals surface area contributed by atoms with E-state index in [1.807, 2.05) is 6.92 Å². The average molecular weight is 251 g/mol. The minimum atomic E-state index is 0.399. The van der Waals surface area contributed by atoms with Crippen LogP contribution < -0.4 is 0 Å². The van der Waals surface area contributed by atoms with Crippen LogP contribution in [0.25, 0.3) is 0 Å². The maximum atomic E-state index is 8.17. The standard InChI is InChI=1S/C17H33N/c1-7-8-14-11-16(3,4)9-10-17(5,6)12-15(14)13(2)18/h14-15,18H,7-12H2,1-6H3. The van der Waals surface area contributed by atoms with E-state index >= 15 is 0 Å². The second-order valence-electron chi connectivity index (χ2n) is 8.07. The van der Waals surface area contributed by atoms with E-state index in [1.54, 1.807) is 0 Å². The van der Waals surface area contributed by atoms with Gasteiger partial charge in [-0.15, -0.1) is 0 Å². The Balaban J connectivity index is 2.97. The van der Waals surface area contributed by atoms with Crippen molar-refractivity contribution in [1.82, 2.24) is 0 Å². The summed E-state index contributed by atoms with van der Waals surface area (Å²) in [6.45, 7) is 14.0. The van der Waals surface area contributed by atoms with Gasteiger partial charge in [0.25, 0.3) is 0 Å². The number of hydrogen-bond acceptors (Lipinski definition) is 1. The first-order chi connectivity index (χ1) is 8.17. The molecule has 1 aliphatic rings. The molecule has 1 saturated carbocycles. The van der Waals surface area contributed by atoms with Gasteiger partial charge < -0.3 is 5.41 Å². The molecule has 1 rings (SSSR count). The van der Waals surface area contributed by atoms with Crippen molar-refractivity contribution in [3.05, 3.63) is 0 Å². The van der Waals surface area contributed by atoms with Crippen LogP contribution in [0.15, 0.2) is 0 Å². The molecule has 2 unspecified atom stereocenters. The van der Waals surface area contributed by atoms with E-state index in [0.29, 0.717) is 16.7 Å². The molecule has 0 heterocycles. The predicted octanol–water partition coefficient (Wildman–Crippen LogP) is 5.68. The summed E-state index contributed by atoms with van der Waals surface area (Å²) in [5, 5.41) is 8.17. The highest BCUT2D eigenvalue weighted by Gasteiger charge is 2.37. The zero-order chi connectivity index (χ0) is 14.0. The van der Waals surface area contributed by atoms with Crippen molar-refractivity contribution in [2.24, 2.45) is 22.7 Å². The zero-order valence-corrected chi connectivity index (χ0v) is 13.4. The van der Waals surface area contributed by atoms with Crippen LogP contribution in [0.3, 0.4) is 0 Å². The van der Waals surface area contributed by atoms with Crippen molar-refractivity contribution in [2.45, 2.75) is 80.1 Å². The van der Waals surface area contributed by atoms with Gasteiger partial charge in [-0.3, -0.25) is 0 Å². The highest BCUT2D eigenvalue weighted by Crippen LogP contribution is 2.46. The summed E-state index contributed by atoms with van der Waals surface area (Å²) in [6.07, 6.45) is 7.71. The summed E-state index contributed by atoms with van der Waals surface area (Å²) in [7, 11) is 0. The highest BCUT2D eigenvalue weighted by atomic mass is 14.5. The lowest BCUT2D eigenvalue weighted by Crippen LogP contribution is -2.34. The first kappa shape index (κ1) is 15.7. The summed E-state index contributed by atoms with van der Waals surface area (Å²) in [6, 6.07) is 0. The van der Waals surface area contributed by atoms with Crippen LogP contribution >= 0.6 is 0 Å². The number of nitrogens with one attached hydrogen (secondary N) is 1. The Labute approximate surface area is 114 Å². The molecule has 0 saturated heterocycles. The lowest BCUT2D eigenvalue weighted by Gasteiger charge is -2.42. The lowest BCUT2D eigenvalue weighted by atomic mass is 9.63. The summed E-state index contributed by atoms with van der Waals surface area (Å²) in [4.78, 5) is 0. The van der Waals surface area contributed by atoms with Crippen LogP contribution in [-0.2, 0) is 0 Å². The Morgan fingerprint density at radius 1 is 1.06 bits per heavy atom. The van der Waals surface area contributed by atoms with E-state index in [4.69, 9.17) is 5.41 Å². The second-order valence-corrected chi connectivity index (χ2v) is 8.07. The van der Waals surface area contributed by atoms with Gasteiger partial charge in [-0.05, 0) is 55.3 Å². The van der Waals surface area contributed by atoms with E-state index in [0.717, 1.165) is 11.6 Å². The van der Waals surface area contributed by atoms with Gasteiger partial charge in [-0.2, -0.15) is 0 Å². The molecule has 18 heavy (non-hydrogen) atoms. The predicted molar refractivity (Wildman–Crippen MR) is 81.3 cm³/mol. The summed E-state index contributed by atoms with van der Waals surface area (Å²) in [5.74, 6) is 1.24. The molecule has 1 fully saturated rings. The Bertz CT molecular complexity index is 288. The average Bonchev–Trinajstić information content (AvgIpc) is 2.21. The third-order valence-electron chi connectivity index (χ3n) is 4.85. The SMILES string of the molecule is CCCC1CC(C)(C)CCC(C)(C)CC1C(C)=N. The summed E-state index contributed by atoms with van der Waals surface area (Å²) >= 11 is 0. The summed E-state index contributed by atoms with van der Waals surface area (Å²) < 4.78 is 0. The molecular formula is C17H33N. The molecule has 1 heteroatoms. The quantitative estimate of drug-likeness (QED) is 0.623. The van der Waals surface area contributed by atoms with E-state index in [-0.39, 0.29) is 0 Å². The molecule has 0 aromatic carbocycles. The van der Waals surface area contributed by atoms with Crippen molar-refractivity contribution in [3.8, 4) is 0 Å². The van der Waals surface area contributed by atoms with Crippen LogP contribution in [0.2, 0.25) is 0 Å². The Kier molecular flexibility index (Phi) is 5.03. The van der Waals surface area contributed by atoms with Crippen LogP contribution in [-0.4, -0.2) is 5.71 Å². The molecule has 106 valence electrons. The maximum Gasteiger partial charge on any atom is 0.00920 e. The van der Waals surface area contributed by atoms with Crippen LogP contribution in [0.4, 0.5) is 0 Å². The molecule has 0 aromatic heterocycles. The molecule has 1 nitrogen and oxygen atoms in total. The molecular weight excluding hydrogens is 218 g/mol. The molecule has 0 aliphatic heterocycles. The first-order valence-corrected chi connectivity index (χ1v) is 7.72. The van der Waals surface area contributed by atoms with Crippen LogP contribution in [0.1, 0.15) is 80.1 Å². The van der Waals surface area contributed by atoms with Crippen LogP contribution in [0.5, 0.6) is 0 Å². The van der Waals surface area contributed by atoms with Gasteiger partial charge in [0.15, 0.2) is 0 Å². The van der Waals surface area contributed by atoms with Gasteiger partial charge in [0.1, 0.15) is 0 Å². The van der Waals surface area contributed by atoms with E-state index in [2.05, 4.69) is 34.6 Å². The van der Waals surface area contributed by atoms with Crippen molar-refractivity contribution >= 4 is 5.71 Å². The van der Waals surface area contributed by atoms with Gasteiger partial charge >= 0.3 is 0 Å². The monoisotopic (exact) mass is 251 g/mol. The molecule has 0 amide bonds. The third-order valence-corrected chi connectivity index (χ3v) is 4.85. The van der Waals surface area contributed by atoms with E-state index < -0.39 is 0 Å². The van der Waals surface area contributed by atoms with E-state index in [9.17, 15) is 0 Å². The van der Waals surface area contributed by atoms with Crippen molar-refractivity contribution in [1.29, 1.82) is 5.41 Å². The highest BCUT2D eigenvalue weighted by molar-refractivity contribution is 5.81. The Hall–Kier alpha value is -0.330. The zero-order valence-electron chi connectivity index (χ0n) is 13.4. The van der Waals surface area contributed by atoms with Crippen molar-refractivity contribution < 1.29 is 0 Å².